The van der Waals surface area contributed by atoms with E-state index in [4.69, 9.17) is 14.2 Å². The first-order valence-electron chi connectivity index (χ1n) is 5.95. The molecule has 1 aromatic rings. The summed E-state index contributed by atoms with van der Waals surface area (Å²) in [6.45, 7) is 5.45. The van der Waals surface area contributed by atoms with Gasteiger partial charge in [0.05, 0.1) is 21.3 Å². The van der Waals surface area contributed by atoms with Crippen molar-refractivity contribution in [2.45, 2.75) is 26.3 Å². The normalized spacial score (nSPS) is 10.8. The van der Waals surface area contributed by atoms with E-state index in [1.54, 1.807) is 34.1 Å². The van der Waals surface area contributed by atoms with E-state index < -0.39 is 5.54 Å². The standard InChI is InChI=1S/C14H21NO4/c1-9-7-11(17-4)12(18-5)8-10(9)15-14(2,3)13(16)19-6/h7-8,15H,1-6H3. The maximum absolute atomic E-state index is 11.7. The van der Waals surface area contributed by atoms with Crippen molar-refractivity contribution >= 4 is 11.7 Å². The number of benzene rings is 1. The maximum Gasteiger partial charge on any atom is 0.330 e. The van der Waals surface area contributed by atoms with E-state index in [-0.39, 0.29) is 5.97 Å². The summed E-state index contributed by atoms with van der Waals surface area (Å²) >= 11 is 0. The first-order valence-corrected chi connectivity index (χ1v) is 5.95. The summed E-state index contributed by atoms with van der Waals surface area (Å²) in [5, 5.41) is 3.15. The Morgan fingerprint density at radius 3 is 2.11 bits per heavy atom. The molecule has 5 nitrogen and oxygen atoms in total. The molecule has 0 fully saturated rings. The average Bonchev–Trinajstić information content (AvgIpc) is 2.39. The largest absolute Gasteiger partial charge is 0.493 e. The van der Waals surface area contributed by atoms with Gasteiger partial charge in [0.25, 0.3) is 0 Å². The lowest BCUT2D eigenvalue weighted by Gasteiger charge is -2.26. The van der Waals surface area contributed by atoms with Gasteiger partial charge in [0.15, 0.2) is 11.5 Å². The van der Waals surface area contributed by atoms with E-state index in [1.165, 1.54) is 7.11 Å². The molecule has 0 saturated heterocycles. The van der Waals surface area contributed by atoms with Crippen LogP contribution in [0.1, 0.15) is 19.4 Å². The highest BCUT2D eigenvalue weighted by molar-refractivity contribution is 5.84. The summed E-state index contributed by atoms with van der Waals surface area (Å²) in [5.41, 5.74) is 0.932. The van der Waals surface area contributed by atoms with E-state index in [9.17, 15) is 4.79 Å². The topological polar surface area (TPSA) is 56.8 Å². The van der Waals surface area contributed by atoms with Crippen LogP contribution in [0.3, 0.4) is 0 Å². The number of aryl methyl sites for hydroxylation is 1. The predicted octanol–water partition coefficient (Wildman–Crippen LogP) is 2.38. The van der Waals surface area contributed by atoms with Crippen molar-refractivity contribution in [2.75, 3.05) is 26.6 Å². The van der Waals surface area contributed by atoms with Gasteiger partial charge in [-0.2, -0.15) is 0 Å². The van der Waals surface area contributed by atoms with Crippen molar-refractivity contribution < 1.29 is 19.0 Å². The van der Waals surface area contributed by atoms with Crippen LogP contribution in [0.25, 0.3) is 0 Å². The molecule has 1 N–H and O–H groups in total. The third-order valence-electron chi connectivity index (χ3n) is 2.87. The summed E-state index contributed by atoms with van der Waals surface area (Å²) in [4.78, 5) is 11.7. The summed E-state index contributed by atoms with van der Waals surface area (Å²) in [6, 6.07) is 3.66. The quantitative estimate of drug-likeness (QED) is 0.830. The predicted molar refractivity (Wildman–Crippen MR) is 74.0 cm³/mol. The Morgan fingerprint density at radius 2 is 1.63 bits per heavy atom. The van der Waals surface area contributed by atoms with Crippen molar-refractivity contribution in [3.63, 3.8) is 0 Å². The van der Waals surface area contributed by atoms with Crippen molar-refractivity contribution in [3.05, 3.63) is 17.7 Å². The van der Waals surface area contributed by atoms with Crippen molar-refractivity contribution in [2.24, 2.45) is 0 Å². The van der Waals surface area contributed by atoms with E-state index in [1.807, 2.05) is 13.0 Å². The summed E-state index contributed by atoms with van der Waals surface area (Å²) in [5.74, 6) is 0.930. The second-order valence-corrected chi connectivity index (χ2v) is 4.76. The minimum Gasteiger partial charge on any atom is -0.493 e. The van der Waals surface area contributed by atoms with E-state index in [2.05, 4.69) is 5.32 Å². The van der Waals surface area contributed by atoms with Gasteiger partial charge in [0.1, 0.15) is 5.54 Å². The zero-order valence-corrected chi connectivity index (χ0v) is 12.3. The number of ether oxygens (including phenoxy) is 3. The molecule has 0 saturated carbocycles. The Balaban J connectivity index is 3.11. The lowest BCUT2D eigenvalue weighted by Crippen LogP contribution is -2.41. The fourth-order valence-electron chi connectivity index (χ4n) is 1.76. The number of nitrogens with one attached hydrogen (secondary N) is 1. The molecule has 0 unspecified atom stereocenters. The number of hydrogen-bond donors (Lipinski definition) is 1. The summed E-state index contributed by atoms with van der Waals surface area (Å²) < 4.78 is 15.2. The van der Waals surface area contributed by atoms with E-state index in [0.29, 0.717) is 11.5 Å². The molecule has 0 aliphatic rings. The molecule has 106 valence electrons. The Morgan fingerprint density at radius 1 is 1.11 bits per heavy atom. The monoisotopic (exact) mass is 267 g/mol. The fraction of sp³-hybridized carbons (Fsp3) is 0.500. The van der Waals surface area contributed by atoms with Crippen LogP contribution in [-0.2, 0) is 9.53 Å². The Labute approximate surface area is 113 Å². The lowest BCUT2D eigenvalue weighted by molar-refractivity contribution is -0.144. The molecule has 0 bridgehead atoms. The van der Waals surface area contributed by atoms with Crippen LogP contribution in [0, 0.1) is 6.92 Å². The maximum atomic E-state index is 11.7. The molecular weight excluding hydrogens is 246 g/mol. The van der Waals surface area contributed by atoms with Gasteiger partial charge in [-0.15, -0.1) is 0 Å². The smallest absolute Gasteiger partial charge is 0.330 e. The van der Waals surface area contributed by atoms with Crippen LogP contribution in [0.15, 0.2) is 12.1 Å². The Kier molecular flexibility index (Phi) is 4.64. The second-order valence-electron chi connectivity index (χ2n) is 4.76. The van der Waals surface area contributed by atoms with Gasteiger partial charge in [0.2, 0.25) is 0 Å². The van der Waals surface area contributed by atoms with Gasteiger partial charge in [-0.3, -0.25) is 0 Å². The SMILES string of the molecule is COC(=O)C(C)(C)Nc1cc(OC)c(OC)cc1C. The molecule has 0 amide bonds. The fourth-order valence-corrected chi connectivity index (χ4v) is 1.76. The first kappa shape index (κ1) is 15.1. The van der Waals surface area contributed by atoms with Gasteiger partial charge in [0, 0.05) is 11.8 Å². The van der Waals surface area contributed by atoms with Crippen LogP contribution in [0.5, 0.6) is 11.5 Å². The highest BCUT2D eigenvalue weighted by atomic mass is 16.5. The van der Waals surface area contributed by atoms with Crippen LogP contribution in [-0.4, -0.2) is 32.8 Å². The Bertz CT molecular complexity index is 469. The Hall–Kier alpha value is -1.91. The number of carbonyl (C=O) groups is 1. The van der Waals surface area contributed by atoms with Crippen molar-refractivity contribution in [1.29, 1.82) is 0 Å². The van der Waals surface area contributed by atoms with Crippen molar-refractivity contribution in [1.82, 2.24) is 0 Å². The molecule has 0 aromatic heterocycles. The van der Waals surface area contributed by atoms with Crippen LogP contribution in [0.2, 0.25) is 0 Å². The summed E-state index contributed by atoms with van der Waals surface area (Å²) in [6.07, 6.45) is 0. The average molecular weight is 267 g/mol. The first-order chi connectivity index (χ1) is 8.85. The highest BCUT2D eigenvalue weighted by Gasteiger charge is 2.29. The lowest BCUT2D eigenvalue weighted by atomic mass is 10.0. The zero-order valence-electron chi connectivity index (χ0n) is 12.3. The molecule has 1 aromatic carbocycles. The zero-order chi connectivity index (χ0) is 14.6. The van der Waals surface area contributed by atoms with Crippen molar-refractivity contribution in [3.8, 4) is 11.5 Å². The molecule has 5 heteroatoms. The minimum absolute atomic E-state index is 0.332. The van der Waals surface area contributed by atoms with E-state index >= 15 is 0 Å². The third kappa shape index (κ3) is 3.30. The van der Waals surface area contributed by atoms with Gasteiger partial charge in [-0.05, 0) is 32.4 Å². The number of rotatable bonds is 5. The molecule has 0 radical (unpaired) electrons. The molecule has 1 rings (SSSR count). The van der Waals surface area contributed by atoms with Gasteiger partial charge in [-0.25, -0.2) is 4.79 Å². The van der Waals surface area contributed by atoms with Crippen LogP contribution >= 0.6 is 0 Å². The molecule has 19 heavy (non-hydrogen) atoms. The number of hydrogen-bond acceptors (Lipinski definition) is 5. The number of methoxy groups -OCH3 is 3. The number of carbonyl (C=O) groups excluding carboxylic acids is 1. The van der Waals surface area contributed by atoms with Crippen LogP contribution in [0.4, 0.5) is 5.69 Å². The van der Waals surface area contributed by atoms with Gasteiger partial charge >= 0.3 is 5.97 Å². The molecule has 0 aliphatic heterocycles. The van der Waals surface area contributed by atoms with E-state index in [0.717, 1.165) is 11.3 Å². The van der Waals surface area contributed by atoms with Gasteiger partial charge < -0.3 is 19.5 Å². The number of esters is 1. The molecule has 0 aliphatic carbocycles. The molecule has 0 atom stereocenters. The highest BCUT2D eigenvalue weighted by Crippen LogP contribution is 2.34. The number of anilines is 1. The van der Waals surface area contributed by atoms with Crippen LogP contribution < -0.4 is 14.8 Å². The summed E-state index contributed by atoms with van der Waals surface area (Å²) in [7, 11) is 4.53. The third-order valence-corrected chi connectivity index (χ3v) is 2.87. The van der Waals surface area contributed by atoms with Gasteiger partial charge in [-0.1, -0.05) is 0 Å². The molecule has 0 heterocycles. The minimum atomic E-state index is -0.820. The molecular formula is C14H21NO4. The second kappa shape index (κ2) is 5.82. The molecule has 0 spiro atoms.